The number of oxazole rings is 1. The Balaban J connectivity index is 2.74. The molecule has 0 radical (unpaired) electrons. The van der Waals surface area contributed by atoms with Crippen LogP contribution in [0.4, 0.5) is 8.78 Å². The molecule has 1 rings (SSSR count). The van der Waals surface area contributed by atoms with Crippen molar-refractivity contribution in [3.63, 3.8) is 0 Å². The lowest BCUT2D eigenvalue weighted by Gasteiger charge is -2.05. The van der Waals surface area contributed by atoms with E-state index in [1.54, 1.807) is 6.92 Å². The zero-order valence-corrected chi connectivity index (χ0v) is 7.27. The van der Waals surface area contributed by atoms with Crippen molar-refractivity contribution in [2.45, 2.75) is 17.4 Å². The predicted molar refractivity (Wildman–Crippen MR) is 39.7 cm³/mol. The van der Waals surface area contributed by atoms with Gasteiger partial charge in [-0.15, -0.1) is 0 Å². The van der Waals surface area contributed by atoms with E-state index >= 15 is 0 Å². The van der Waals surface area contributed by atoms with E-state index in [2.05, 4.69) is 9.40 Å². The van der Waals surface area contributed by atoms with Gasteiger partial charge in [0.25, 0.3) is 5.22 Å². The molecule has 0 aliphatic heterocycles. The lowest BCUT2D eigenvalue weighted by Crippen LogP contribution is -2.23. The molecule has 1 aromatic heterocycles. The summed E-state index contributed by atoms with van der Waals surface area (Å²) in [6.45, 7) is 1.55. The van der Waals surface area contributed by atoms with E-state index in [9.17, 15) is 13.6 Å². The Hall–Kier alpha value is -1.11. The van der Waals surface area contributed by atoms with Gasteiger partial charge >= 0.3 is 11.2 Å². The standard InChI is InChI=1S/C6H5F2NO3S/c1-3-2-12-5(9-3)13-6(7,8)4(10)11/h2H,1H3,(H,10,11). The third kappa shape index (κ3) is 2.41. The Morgan fingerprint density at radius 2 is 2.38 bits per heavy atom. The molecule has 72 valence electrons. The molecular formula is C6H5F2NO3S. The van der Waals surface area contributed by atoms with Crippen LogP contribution < -0.4 is 0 Å². The minimum Gasteiger partial charge on any atom is -0.476 e. The Kier molecular flexibility index (Phi) is 2.55. The molecule has 7 heteroatoms. The van der Waals surface area contributed by atoms with Gasteiger partial charge in [0.2, 0.25) is 0 Å². The lowest BCUT2D eigenvalue weighted by molar-refractivity contribution is -0.153. The molecule has 0 atom stereocenters. The second-order valence-electron chi connectivity index (χ2n) is 2.18. The van der Waals surface area contributed by atoms with E-state index in [1.165, 1.54) is 6.26 Å². The fraction of sp³-hybridized carbons (Fsp3) is 0.333. The van der Waals surface area contributed by atoms with Crippen LogP contribution in [0, 0.1) is 6.92 Å². The Morgan fingerprint density at radius 1 is 1.77 bits per heavy atom. The van der Waals surface area contributed by atoms with Gasteiger partial charge in [-0.2, -0.15) is 8.78 Å². The van der Waals surface area contributed by atoms with Crippen LogP contribution in [0.15, 0.2) is 15.9 Å². The van der Waals surface area contributed by atoms with Gasteiger partial charge in [0, 0.05) is 11.8 Å². The maximum atomic E-state index is 12.5. The van der Waals surface area contributed by atoms with Gasteiger partial charge in [-0.05, 0) is 6.92 Å². The molecule has 0 bridgehead atoms. The first kappa shape index (κ1) is 9.97. The number of alkyl halides is 2. The molecule has 0 saturated carbocycles. The molecule has 0 amide bonds. The van der Waals surface area contributed by atoms with E-state index in [4.69, 9.17) is 5.11 Å². The topological polar surface area (TPSA) is 63.3 Å². The van der Waals surface area contributed by atoms with Crippen LogP contribution in [0.5, 0.6) is 0 Å². The summed E-state index contributed by atoms with van der Waals surface area (Å²) in [7, 11) is 0. The molecule has 0 aliphatic rings. The fourth-order valence-corrected chi connectivity index (χ4v) is 1.13. The van der Waals surface area contributed by atoms with E-state index in [0.717, 1.165) is 0 Å². The maximum absolute atomic E-state index is 12.5. The number of nitrogens with zero attached hydrogens (tertiary/aromatic N) is 1. The molecule has 1 aromatic rings. The van der Waals surface area contributed by atoms with Crippen LogP contribution in [0.2, 0.25) is 0 Å². The molecule has 1 N–H and O–H groups in total. The van der Waals surface area contributed by atoms with Gasteiger partial charge < -0.3 is 9.52 Å². The number of halogens is 2. The number of thioether (sulfide) groups is 1. The number of rotatable bonds is 3. The predicted octanol–water partition coefficient (Wildman–Crippen LogP) is 1.75. The third-order valence-corrected chi connectivity index (χ3v) is 1.86. The Labute approximate surface area is 76.0 Å². The van der Waals surface area contributed by atoms with Crippen LogP contribution in [-0.4, -0.2) is 21.3 Å². The fourth-order valence-electron chi connectivity index (χ4n) is 0.533. The van der Waals surface area contributed by atoms with Gasteiger partial charge in [-0.1, -0.05) is 0 Å². The minimum absolute atomic E-state index is 0.236. The summed E-state index contributed by atoms with van der Waals surface area (Å²) in [5.74, 6) is -2.21. The normalized spacial score (nSPS) is 11.6. The van der Waals surface area contributed by atoms with Crippen molar-refractivity contribution in [2.24, 2.45) is 0 Å². The van der Waals surface area contributed by atoms with E-state index in [0.29, 0.717) is 5.69 Å². The highest BCUT2D eigenvalue weighted by Gasteiger charge is 2.42. The van der Waals surface area contributed by atoms with Gasteiger partial charge in [-0.25, -0.2) is 9.78 Å². The highest BCUT2D eigenvalue weighted by Crippen LogP contribution is 2.35. The summed E-state index contributed by atoms with van der Waals surface area (Å²) in [6, 6.07) is 0. The van der Waals surface area contributed by atoms with Crippen LogP contribution in [-0.2, 0) is 4.79 Å². The second kappa shape index (κ2) is 3.33. The van der Waals surface area contributed by atoms with Crippen molar-refractivity contribution in [2.75, 3.05) is 0 Å². The average Bonchev–Trinajstić information content (AvgIpc) is 2.34. The summed E-state index contributed by atoms with van der Waals surface area (Å²) >= 11 is -0.236. The third-order valence-electron chi connectivity index (χ3n) is 1.06. The lowest BCUT2D eigenvalue weighted by atomic mass is 10.6. The van der Waals surface area contributed by atoms with Crippen molar-refractivity contribution >= 4 is 17.7 Å². The molecule has 0 unspecified atom stereocenters. The van der Waals surface area contributed by atoms with Crippen molar-refractivity contribution in [3.8, 4) is 0 Å². The number of aryl methyl sites for hydroxylation is 1. The number of aromatic nitrogens is 1. The highest BCUT2D eigenvalue weighted by molar-refractivity contribution is 8.00. The van der Waals surface area contributed by atoms with Crippen molar-refractivity contribution in [3.05, 3.63) is 12.0 Å². The number of aliphatic carboxylic acids is 1. The minimum atomic E-state index is -3.91. The monoisotopic (exact) mass is 209 g/mol. The van der Waals surface area contributed by atoms with Crippen LogP contribution in [0.3, 0.4) is 0 Å². The maximum Gasteiger partial charge on any atom is 0.397 e. The zero-order valence-electron chi connectivity index (χ0n) is 6.45. The second-order valence-corrected chi connectivity index (χ2v) is 3.24. The van der Waals surface area contributed by atoms with Crippen LogP contribution >= 0.6 is 11.8 Å². The number of carbonyl (C=O) groups is 1. The first-order valence-corrected chi connectivity index (χ1v) is 3.96. The molecule has 13 heavy (non-hydrogen) atoms. The van der Waals surface area contributed by atoms with Gasteiger partial charge in [-0.3, -0.25) is 0 Å². The molecule has 0 fully saturated rings. The smallest absolute Gasteiger partial charge is 0.397 e. The molecule has 0 spiro atoms. The molecule has 4 nitrogen and oxygen atoms in total. The first-order chi connectivity index (χ1) is 5.92. The van der Waals surface area contributed by atoms with Gasteiger partial charge in [0.1, 0.15) is 6.26 Å². The van der Waals surface area contributed by atoms with Crippen molar-refractivity contribution in [1.82, 2.24) is 4.98 Å². The van der Waals surface area contributed by atoms with E-state index < -0.39 is 11.2 Å². The highest BCUT2D eigenvalue weighted by atomic mass is 32.2. The Morgan fingerprint density at radius 3 is 2.77 bits per heavy atom. The average molecular weight is 209 g/mol. The number of hydrogen-bond donors (Lipinski definition) is 1. The molecule has 0 aromatic carbocycles. The van der Waals surface area contributed by atoms with Gasteiger partial charge in [0.15, 0.2) is 0 Å². The first-order valence-electron chi connectivity index (χ1n) is 3.14. The van der Waals surface area contributed by atoms with Crippen molar-refractivity contribution < 1.29 is 23.1 Å². The number of hydrogen-bond acceptors (Lipinski definition) is 4. The summed E-state index contributed by atoms with van der Waals surface area (Å²) < 4.78 is 29.6. The number of carboxylic acid groups (broad SMARTS) is 1. The molecule has 0 aliphatic carbocycles. The molecule has 0 saturated heterocycles. The largest absolute Gasteiger partial charge is 0.476 e. The summed E-state index contributed by atoms with van der Waals surface area (Å²) in [4.78, 5) is 13.5. The van der Waals surface area contributed by atoms with E-state index in [1.807, 2.05) is 0 Å². The summed E-state index contributed by atoms with van der Waals surface area (Å²) in [5, 5.41) is 3.81. The summed E-state index contributed by atoms with van der Waals surface area (Å²) in [5.41, 5.74) is 0.420. The molecular weight excluding hydrogens is 204 g/mol. The van der Waals surface area contributed by atoms with Crippen molar-refractivity contribution in [1.29, 1.82) is 0 Å². The Bertz CT molecular complexity index is 325. The molecule has 1 heterocycles. The summed E-state index contributed by atoms with van der Waals surface area (Å²) in [6.07, 6.45) is 1.17. The van der Waals surface area contributed by atoms with Crippen LogP contribution in [0.1, 0.15) is 5.69 Å². The quantitative estimate of drug-likeness (QED) is 0.768. The number of carboxylic acids is 1. The zero-order chi connectivity index (χ0) is 10.1. The van der Waals surface area contributed by atoms with E-state index in [-0.39, 0.29) is 17.0 Å². The van der Waals surface area contributed by atoms with Crippen LogP contribution in [0.25, 0.3) is 0 Å². The SMILES string of the molecule is Cc1coc(SC(F)(F)C(=O)O)n1. The van der Waals surface area contributed by atoms with Gasteiger partial charge in [0.05, 0.1) is 5.69 Å².